The number of nitrogens with zero attached hydrogens (tertiary/aromatic N) is 1. The number of thioether (sulfide) groups is 1. The first-order valence-electron chi connectivity index (χ1n) is 6.35. The number of rotatable bonds is 5. The van der Waals surface area contributed by atoms with E-state index in [1.807, 2.05) is 24.3 Å². The van der Waals surface area contributed by atoms with Gasteiger partial charge in [-0.15, -0.1) is 11.8 Å². The highest BCUT2D eigenvalue weighted by Gasteiger charge is 2.39. The molecule has 2 rings (SSSR count). The highest BCUT2D eigenvalue weighted by atomic mass is 32.2. The van der Waals surface area contributed by atoms with Crippen molar-refractivity contribution >= 4 is 29.3 Å². The molecule has 0 spiro atoms. The summed E-state index contributed by atoms with van der Waals surface area (Å²) in [5.41, 5.74) is 1.81. The maximum atomic E-state index is 12.2. The number of aliphatic hydroxyl groups is 1. The first-order chi connectivity index (χ1) is 9.17. The molecule has 5 heteroatoms. The van der Waals surface area contributed by atoms with E-state index >= 15 is 0 Å². The number of carbonyl (C=O) groups excluding carboxylic acids is 2. The summed E-state index contributed by atoms with van der Waals surface area (Å²) in [6, 6.07) is 7.50. The van der Waals surface area contributed by atoms with E-state index in [1.54, 1.807) is 0 Å². The van der Waals surface area contributed by atoms with Crippen LogP contribution < -0.4 is 4.90 Å². The number of carbonyl (C=O) groups is 2. The molecule has 0 aliphatic carbocycles. The van der Waals surface area contributed by atoms with Crippen LogP contribution in [0.4, 0.5) is 5.69 Å². The molecule has 0 aromatic heterocycles. The fourth-order valence-corrected chi connectivity index (χ4v) is 2.98. The maximum Gasteiger partial charge on any atom is 0.247 e. The Labute approximate surface area is 116 Å². The summed E-state index contributed by atoms with van der Waals surface area (Å²) in [4.78, 5) is 25.4. The zero-order valence-electron chi connectivity index (χ0n) is 10.8. The first-order valence-corrected chi connectivity index (χ1v) is 7.40. The number of imide groups is 1. The van der Waals surface area contributed by atoms with E-state index in [4.69, 9.17) is 5.11 Å². The minimum atomic E-state index is -0.356. The predicted octanol–water partition coefficient (Wildman–Crippen LogP) is 1.61. The summed E-state index contributed by atoms with van der Waals surface area (Å²) in [5, 5.41) is 8.43. The molecule has 1 aromatic rings. The van der Waals surface area contributed by atoms with Gasteiger partial charge >= 0.3 is 0 Å². The van der Waals surface area contributed by atoms with Crippen molar-refractivity contribution in [3.05, 3.63) is 29.8 Å². The molecule has 1 aliphatic rings. The maximum absolute atomic E-state index is 12.2. The van der Waals surface area contributed by atoms with E-state index in [0.717, 1.165) is 6.42 Å². The highest BCUT2D eigenvalue weighted by molar-refractivity contribution is 8.00. The Kier molecular flexibility index (Phi) is 4.61. The molecule has 1 N–H and O–H groups in total. The van der Waals surface area contributed by atoms with Gasteiger partial charge in [0.2, 0.25) is 11.8 Å². The minimum Gasteiger partial charge on any atom is -0.396 e. The van der Waals surface area contributed by atoms with Crippen LogP contribution in [0.25, 0.3) is 0 Å². The van der Waals surface area contributed by atoms with Gasteiger partial charge in [0.1, 0.15) is 0 Å². The van der Waals surface area contributed by atoms with Gasteiger partial charge in [0, 0.05) is 12.2 Å². The molecule has 4 nitrogen and oxygen atoms in total. The Morgan fingerprint density at radius 2 is 2.00 bits per heavy atom. The van der Waals surface area contributed by atoms with Gasteiger partial charge in [-0.1, -0.05) is 19.1 Å². The Bertz CT molecular complexity index is 472. The average Bonchev–Trinajstić information content (AvgIpc) is 2.71. The van der Waals surface area contributed by atoms with Crippen molar-refractivity contribution in [3.8, 4) is 0 Å². The van der Waals surface area contributed by atoms with Crippen LogP contribution in [0.5, 0.6) is 0 Å². The summed E-state index contributed by atoms with van der Waals surface area (Å²) < 4.78 is 0. The number of anilines is 1. The van der Waals surface area contributed by atoms with Crippen molar-refractivity contribution in [2.24, 2.45) is 0 Å². The van der Waals surface area contributed by atoms with Crippen molar-refractivity contribution < 1.29 is 14.7 Å². The van der Waals surface area contributed by atoms with E-state index in [2.05, 4.69) is 6.92 Å². The third-order valence-electron chi connectivity index (χ3n) is 3.12. The molecule has 1 heterocycles. The van der Waals surface area contributed by atoms with Crippen molar-refractivity contribution in [3.63, 3.8) is 0 Å². The van der Waals surface area contributed by atoms with Gasteiger partial charge in [-0.3, -0.25) is 9.59 Å². The van der Waals surface area contributed by atoms with E-state index < -0.39 is 0 Å². The Morgan fingerprint density at radius 3 is 2.58 bits per heavy atom. The van der Waals surface area contributed by atoms with Crippen LogP contribution in [0.1, 0.15) is 18.9 Å². The van der Waals surface area contributed by atoms with Crippen LogP contribution in [-0.2, 0) is 16.0 Å². The molecule has 1 aromatic carbocycles. The van der Waals surface area contributed by atoms with Crippen LogP contribution in [0.3, 0.4) is 0 Å². The zero-order chi connectivity index (χ0) is 13.8. The summed E-state index contributed by atoms with van der Waals surface area (Å²) in [6.07, 6.45) is 1.15. The molecule has 19 heavy (non-hydrogen) atoms. The molecule has 0 saturated carbocycles. The molecule has 1 atom stereocenters. The first kappa shape index (κ1) is 14.1. The molecule has 0 radical (unpaired) electrons. The fraction of sp³-hybridized carbons (Fsp3) is 0.429. The molecule has 1 saturated heterocycles. The van der Waals surface area contributed by atoms with Crippen LogP contribution in [0.2, 0.25) is 0 Å². The Balaban J connectivity index is 2.14. The molecule has 1 aliphatic heterocycles. The molecular formula is C14H17NO3S. The smallest absolute Gasteiger partial charge is 0.247 e. The van der Waals surface area contributed by atoms with Crippen LogP contribution in [-0.4, -0.2) is 34.5 Å². The van der Waals surface area contributed by atoms with Crippen LogP contribution in [0.15, 0.2) is 24.3 Å². The topological polar surface area (TPSA) is 57.6 Å². The van der Waals surface area contributed by atoms with Gasteiger partial charge in [0.15, 0.2) is 0 Å². The number of aliphatic hydroxyl groups excluding tert-OH is 1. The standard InChI is InChI=1S/C14H17NO3S/c1-2-10-3-5-11(6-4-10)15-13(17)9-12(14(15)18)19-8-7-16/h3-6,12,16H,2,7-9H2,1H3/t12-/m1/s1. The lowest BCUT2D eigenvalue weighted by Gasteiger charge is -2.15. The number of aryl methyl sites for hydroxylation is 1. The van der Waals surface area contributed by atoms with E-state index in [9.17, 15) is 9.59 Å². The summed E-state index contributed by atoms with van der Waals surface area (Å²) in [5.74, 6) is 0.143. The second kappa shape index (κ2) is 6.21. The minimum absolute atomic E-state index is 0.0217. The second-order valence-electron chi connectivity index (χ2n) is 4.37. The van der Waals surface area contributed by atoms with E-state index in [-0.39, 0.29) is 30.1 Å². The number of benzene rings is 1. The average molecular weight is 279 g/mol. The largest absolute Gasteiger partial charge is 0.396 e. The van der Waals surface area contributed by atoms with E-state index in [0.29, 0.717) is 11.4 Å². The Morgan fingerprint density at radius 1 is 1.32 bits per heavy atom. The lowest BCUT2D eigenvalue weighted by molar-refractivity contribution is -0.121. The molecule has 0 unspecified atom stereocenters. The van der Waals surface area contributed by atoms with Gasteiger partial charge in [-0.2, -0.15) is 0 Å². The third kappa shape index (κ3) is 2.98. The van der Waals surface area contributed by atoms with Crippen LogP contribution in [0, 0.1) is 0 Å². The fourth-order valence-electron chi connectivity index (χ4n) is 2.08. The van der Waals surface area contributed by atoms with Gasteiger partial charge in [0.05, 0.1) is 17.5 Å². The summed E-state index contributed by atoms with van der Waals surface area (Å²) >= 11 is 1.34. The summed E-state index contributed by atoms with van der Waals surface area (Å²) in [7, 11) is 0. The molecule has 1 fully saturated rings. The lowest BCUT2D eigenvalue weighted by atomic mass is 10.1. The van der Waals surface area contributed by atoms with Gasteiger partial charge in [-0.05, 0) is 24.1 Å². The normalized spacial score (nSPS) is 19.3. The zero-order valence-corrected chi connectivity index (χ0v) is 11.7. The molecular weight excluding hydrogens is 262 g/mol. The van der Waals surface area contributed by atoms with Crippen LogP contribution >= 0.6 is 11.8 Å². The molecule has 102 valence electrons. The van der Waals surface area contributed by atoms with Gasteiger partial charge in [0.25, 0.3) is 0 Å². The number of amides is 2. The SMILES string of the molecule is CCc1ccc(N2C(=O)C[C@@H](SCCO)C2=O)cc1. The number of hydrogen-bond donors (Lipinski definition) is 1. The monoisotopic (exact) mass is 279 g/mol. The lowest BCUT2D eigenvalue weighted by Crippen LogP contribution is -2.31. The van der Waals surface area contributed by atoms with Crippen molar-refractivity contribution in [1.29, 1.82) is 0 Å². The molecule has 2 amide bonds. The summed E-state index contributed by atoms with van der Waals surface area (Å²) in [6.45, 7) is 2.08. The molecule has 0 bridgehead atoms. The van der Waals surface area contributed by atoms with Crippen molar-refractivity contribution in [2.45, 2.75) is 25.0 Å². The van der Waals surface area contributed by atoms with E-state index in [1.165, 1.54) is 22.2 Å². The number of hydrogen-bond acceptors (Lipinski definition) is 4. The predicted molar refractivity (Wildman–Crippen MR) is 76.3 cm³/mol. The highest BCUT2D eigenvalue weighted by Crippen LogP contribution is 2.29. The quantitative estimate of drug-likeness (QED) is 0.832. The van der Waals surface area contributed by atoms with Crippen molar-refractivity contribution in [2.75, 3.05) is 17.3 Å². The van der Waals surface area contributed by atoms with Gasteiger partial charge < -0.3 is 5.11 Å². The van der Waals surface area contributed by atoms with Gasteiger partial charge in [-0.25, -0.2) is 4.90 Å². The third-order valence-corrected chi connectivity index (χ3v) is 4.31. The van der Waals surface area contributed by atoms with Crippen molar-refractivity contribution in [1.82, 2.24) is 0 Å². The Hall–Kier alpha value is -1.33. The second-order valence-corrected chi connectivity index (χ2v) is 5.69.